The summed E-state index contributed by atoms with van der Waals surface area (Å²) in [6, 6.07) is 18.6. The molecule has 23 heavy (non-hydrogen) atoms. The average Bonchev–Trinajstić information content (AvgIpc) is 2.98. The molecule has 1 N–H and O–H groups in total. The summed E-state index contributed by atoms with van der Waals surface area (Å²) in [6.07, 6.45) is 7.47. The Morgan fingerprint density at radius 1 is 1.00 bits per heavy atom. The summed E-state index contributed by atoms with van der Waals surface area (Å²) in [5, 5.41) is 4.73. The van der Waals surface area contributed by atoms with Gasteiger partial charge in [-0.25, -0.2) is 0 Å². The third-order valence-electron chi connectivity index (χ3n) is 4.26. The first-order chi connectivity index (χ1) is 11.2. The smallest absolute Gasteiger partial charge is 0.0688 e. The van der Waals surface area contributed by atoms with Gasteiger partial charge in [0.25, 0.3) is 0 Å². The second kappa shape index (κ2) is 7.10. The minimum absolute atomic E-state index is 0.438. The summed E-state index contributed by atoms with van der Waals surface area (Å²) >= 11 is 0. The van der Waals surface area contributed by atoms with Crippen LogP contribution in [0.1, 0.15) is 24.5 Å². The Balaban J connectivity index is 1.86. The van der Waals surface area contributed by atoms with E-state index in [0.29, 0.717) is 5.92 Å². The van der Waals surface area contributed by atoms with Crippen LogP contribution in [0.4, 0.5) is 5.69 Å². The van der Waals surface area contributed by atoms with Crippen molar-refractivity contribution in [3.05, 3.63) is 89.5 Å². The van der Waals surface area contributed by atoms with Crippen molar-refractivity contribution in [3.8, 4) is 0 Å². The zero-order chi connectivity index (χ0) is 16.1. The van der Waals surface area contributed by atoms with Crippen LogP contribution in [0.3, 0.4) is 0 Å². The maximum atomic E-state index is 4.73. The predicted octanol–water partition coefficient (Wildman–Crippen LogP) is 5.33. The van der Waals surface area contributed by atoms with E-state index >= 15 is 0 Å². The predicted molar refractivity (Wildman–Crippen MR) is 98.8 cm³/mol. The molecule has 0 saturated heterocycles. The molecule has 0 bridgehead atoms. The van der Waals surface area contributed by atoms with Crippen LogP contribution in [-0.4, -0.2) is 5.71 Å². The quantitative estimate of drug-likeness (QED) is 0.585. The van der Waals surface area contributed by atoms with Gasteiger partial charge < -0.3 is 0 Å². The molecule has 0 radical (unpaired) electrons. The maximum absolute atomic E-state index is 4.73. The summed E-state index contributed by atoms with van der Waals surface area (Å²) in [6.45, 7) is 4.27. The van der Waals surface area contributed by atoms with Crippen LogP contribution >= 0.6 is 0 Å². The monoisotopic (exact) mass is 302 g/mol. The van der Waals surface area contributed by atoms with Gasteiger partial charge in [0, 0.05) is 12.3 Å². The molecule has 2 aromatic rings. The first-order valence-corrected chi connectivity index (χ1v) is 8.02. The summed E-state index contributed by atoms with van der Waals surface area (Å²) in [5.41, 5.74) is 9.13. The second-order valence-corrected chi connectivity index (χ2v) is 5.96. The van der Waals surface area contributed by atoms with E-state index in [1.165, 1.54) is 16.7 Å². The number of nitrogens with zero attached hydrogens (tertiary/aromatic N) is 1. The molecule has 0 amide bonds. The first kappa shape index (κ1) is 15.3. The van der Waals surface area contributed by atoms with Gasteiger partial charge in [0.2, 0.25) is 0 Å². The number of nitrogens with one attached hydrogen (secondary N) is 1. The summed E-state index contributed by atoms with van der Waals surface area (Å²) in [7, 11) is 0. The summed E-state index contributed by atoms with van der Waals surface area (Å²) < 4.78 is 0. The molecule has 2 aromatic carbocycles. The zero-order valence-electron chi connectivity index (χ0n) is 13.7. The molecule has 0 spiro atoms. The molecular weight excluding hydrogens is 280 g/mol. The molecule has 0 aromatic heterocycles. The van der Waals surface area contributed by atoms with Gasteiger partial charge >= 0.3 is 0 Å². The van der Waals surface area contributed by atoms with E-state index in [1.54, 1.807) is 0 Å². The van der Waals surface area contributed by atoms with Crippen molar-refractivity contribution in [1.29, 1.82) is 0 Å². The van der Waals surface area contributed by atoms with Crippen LogP contribution in [0.5, 0.6) is 0 Å². The van der Waals surface area contributed by atoms with Crippen LogP contribution in [0, 0.1) is 12.8 Å². The molecule has 2 nitrogen and oxygen atoms in total. The number of hydrogen-bond acceptors (Lipinski definition) is 2. The topological polar surface area (TPSA) is 24.4 Å². The Labute approximate surface area is 138 Å². The minimum Gasteiger partial charge on any atom is -0.278 e. The zero-order valence-corrected chi connectivity index (χ0v) is 13.7. The van der Waals surface area contributed by atoms with E-state index in [0.717, 1.165) is 17.8 Å². The van der Waals surface area contributed by atoms with E-state index in [2.05, 4.69) is 73.9 Å². The largest absolute Gasteiger partial charge is 0.278 e. The highest BCUT2D eigenvalue weighted by atomic mass is 15.3. The van der Waals surface area contributed by atoms with E-state index in [4.69, 9.17) is 5.10 Å². The highest BCUT2D eigenvalue weighted by Crippen LogP contribution is 2.24. The molecule has 116 valence electrons. The van der Waals surface area contributed by atoms with Crippen LogP contribution in [0.25, 0.3) is 0 Å². The Bertz CT molecular complexity index is 754. The Morgan fingerprint density at radius 3 is 2.43 bits per heavy atom. The number of aryl methyl sites for hydroxylation is 1. The average molecular weight is 302 g/mol. The molecule has 0 heterocycles. The van der Waals surface area contributed by atoms with Crippen molar-refractivity contribution in [1.82, 2.24) is 0 Å². The highest BCUT2D eigenvalue weighted by Gasteiger charge is 2.15. The van der Waals surface area contributed by atoms with Crippen molar-refractivity contribution >= 4 is 11.4 Å². The lowest BCUT2D eigenvalue weighted by molar-refractivity contribution is 0.813. The highest BCUT2D eigenvalue weighted by molar-refractivity contribution is 6.01. The molecule has 1 atom stereocenters. The molecule has 1 aliphatic carbocycles. The van der Waals surface area contributed by atoms with Gasteiger partial charge in [-0.1, -0.05) is 72.3 Å². The lowest BCUT2D eigenvalue weighted by Gasteiger charge is -2.14. The molecule has 1 aliphatic rings. The van der Waals surface area contributed by atoms with E-state index < -0.39 is 0 Å². The SMILES string of the molecule is CC1=CC=CC1CC(=NNc1ccccc1C)c1ccccc1. The maximum Gasteiger partial charge on any atom is 0.0688 e. The van der Waals surface area contributed by atoms with Gasteiger partial charge in [-0.05, 0) is 31.0 Å². The second-order valence-electron chi connectivity index (χ2n) is 5.96. The molecule has 3 rings (SSSR count). The third kappa shape index (κ3) is 3.78. The van der Waals surface area contributed by atoms with Crippen molar-refractivity contribution in [3.63, 3.8) is 0 Å². The minimum atomic E-state index is 0.438. The van der Waals surface area contributed by atoms with Crippen LogP contribution in [-0.2, 0) is 0 Å². The normalized spacial score (nSPS) is 17.2. The molecular formula is C21H22N2. The Morgan fingerprint density at radius 2 is 1.74 bits per heavy atom. The van der Waals surface area contributed by atoms with Crippen LogP contribution in [0.15, 0.2) is 83.5 Å². The van der Waals surface area contributed by atoms with Crippen molar-refractivity contribution in [2.24, 2.45) is 11.0 Å². The Hall–Kier alpha value is -2.61. The summed E-state index contributed by atoms with van der Waals surface area (Å²) in [5.74, 6) is 0.438. The van der Waals surface area contributed by atoms with Gasteiger partial charge in [0.05, 0.1) is 11.4 Å². The Kier molecular flexibility index (Phi) is 4.72. The number of hydrogen-bond donors (Lipinski definition) is 1. The van der Waals surface area contributed by atoms with Crippen molar-refractivity contribution < 1.29 is 0 Å². The number of benzene rings is 2. The number of para-hydroxylation sites is 1. The number of rotatable bonds is 5. The number of hydrazone groups is 1. The van der Waals surface area contributed by atoms with Crippen LogP contribution < -0.4 is 5.43 Å². The van der Waals surface area contributed by atoms with Gasteiger partial charge in [-0.3, -0.25) is 5.43 Å². The molecule has 1 unspecified atom stereocenters. The summed E-state index contributed by atoms with van der Waals surface area (Å²) in [4.78, 5) is 0. The van der Waals surface area contributed by atoms with Crippen LogP contribution in [0.2, 0.25) is 0 Å². The number of anilines is 1. The van der Waals surface area contributed by atoms with Crippen molar-refractivity contribution in [2.75, 3.05) is 5.43 Å². The number of allylic oxidation sites excluding steroid dienone is 4. The van der Waals surface area contributed by atoms with E-state index in [9.17, 15) is 0 Å². The van der Waals surface area contributed by atoms with Gasteiger partial charge in [0.15, 0.2) is 0 Å². The first-order valence-electron chi connectivity index (χ1n) is 8.02. The lowest BCUT2D eigenvalue weighted by Crippen LogP contribution is -2.10. The van der Waals surface area contributed by atoms with Gasteiger partial charge in [-0.15, -0.1) is 0 Å². The van der Waals surface area contributed by atoms with Gasteiger partial charge in [0.1, 0.15) is 0 Å². The fourth-order valence-electron chi connectivity index (χ4n) is 2.74. The van der Waals surface area contributed by atoms with E-state index in [1.807, 2.05) is 18.2 Å². The molecule has 0 aliphatic heterocycles. The molecule has 2 heteroatoms. The fourth-order valence-corrected chi connectivity index (χ4v) is 2.74. The standard InChI is InChI=1S/C21H22N2/c1-16-10-8-13-19(16)15-21(18-11-4-3-5-12-18)23-22-20-14-7-6-9-17(20)2/h3-14,19,22H,15H2,1-2H3. The fraction of sp³-hybridized carbons (Fsp3) is 0.190. The van der Waals surface area contributed by atoms with Gasteiger partial charge in [-0.2, -0.15) is 5.10 Å². The molecule has 0 fully saturated rings. The van der Waals surface area contributed by atoms with Crippen molar-refractivity contribution in [2.45, 2.75) is 20.3 Å². The molecule has 0 saturated carbocycles. The van der Waals surface area contributed by atoms with E-state index in [-0.39, 0.29) is 0 Å². The lowest BCUT2D eigenvalue weighted by atomic mass is 9.94. The third-order valence-corrected chi connectivity index (χ3v) is 4.26.